The Morgan fingerprint density at radius 2 is 1.81 bits per heavy atom. The van der Waals surface area contributed by atoms with Gasteiger partial charge >= 0.3 is 0 Å². The SMILES string of the molecule is COc1ccc2ccccc2c1/C=N\NC(=O)c1sc2ccccc2c1Cl. The van der Waals surface area contributed by atoms with Crippen molar-refractivity contribution in [3.05, 3.63) is 76.1 Å². The van der Waals surface area contributed by atoms with Gasteiger partial charge in [0.15, 0.2) is 0 Å². The van der Waals surface area contributed by atoms with Crippen molar-refractivity contribution in [2.75, 3.05) is 7.11 Å². The lowest BCUT2D eigenvalue weighted by molar-refractivity contribution is 0.0959. The number of nitrogens with one attached hydrogen (secondary N) is 1. The van der Waals surface area contributed by atoms with E-state index in [4.69, 9.17) is 16.3 Å². The van der Waals surface area contributed by atoms with Crippen molar-refractivity contribution in [3.63, 3.8) is 0 Å². The standard InChI is InChI=1S/C21H15ClN2O2S/c1-26-17-11-10-13-6-2-3-7-14(13)16(17)12-23-24-21(25)20-19(22)15-8-4-5-9-18(15)27-20/h2-12H,1H3,(H,24,25)/b23-12-. The van der Waals surface area contributed by atoms with E-state index in [-0.39, 0.29) is 5.91 Å². The van der Waals surface area contributed by atoms with E-state index in [9.17, 15) is 4.79 Å². The number of carbonyl (C=O) groups excluding carboxylic acids is 1. The highest BCUT2D eigenvalue weighted by Gasteiger charge is 2.16. The average Bonchev–Trinajstić information content (AvgIpc) is 3.05. The molecule has 4 rings (SSSR count). The van der Waals surface area contributed by atoms with Crippen LogP contribution in [0.3, 0.4) is 0 Å². The van der Waals surface area contributed by atoms with E-state index in [0.717, 1.165) is 26.4 Å². The van der Waals surface area contributed by atoms with Crippen molar-refractivity contribution >= 4 is 55.9 Å². The molecule has 27 heavy (non-hydrogen) atoms. The van der Waals surface area contributed by atoms with E-state index < -0.39 is 0 Å². The molecule has 1 N–H and O–H groups in total. The minimum Gasteiger partial charge on any atom is -0.496 e. The molecular weight excluding hydrogens is 380 g/mol. The lowest BCUT2D eigenvalue weighted by atomic mass is 10.0. The van der Waals surface area contributed by atoms with Crippen LogP contribution < -0.4 is 10.2 Å². The first-order chi connectivity index (χ1) is 13.2. The fourth-order valence-corrected chi connectivity index (χ4v) is 4.36. The second kappa shape index (κ2) is 7.39. The highest BCUT2D eigenvalue weighted by atomic mass is 35.5. The van der Waals surface area contributed by atoms with Crippen molar-refractivity contribution in [1.29, 1.82) is 0 Å². The van der Waals surface area contributed by atoms with Crippen LogP contribution in [0.5, 0.6) is 5.75 Å². The molecule has 1 heterocycles. The lowest BCUT2D eigenvalue weighted by Crippen LogP contribution is -2.16. The normalized spacial score (nSPS) is 11.3. The summed E-state index contributed by atoms with van der Waals surface area (Å²) in [5.74, 6) is 0.350. The summed E-state index contributed by atoms with van der Waals surface area (Å²) in [4.78, 5) is 13.0. The zero-order valence-corrected chi connectivity index (χ0v) is 16.0. The van der Waals surface area contributed by atoms with Gasteiger partial charge in [-0.2, -0.15) is 5.10 Å². The maximum atomic E-state index is 12.5. The smallest absolute Gasteiger partial charge is 0.283 e. The predicted octanol–water partition coefficient (Wildman–Crippen LogP) is 5.48. The van der Waals surface area contributed by atoms with Gasteiger partial charge in [0.2, 0.25) is 0 Å². The van der Waals surface area contributed by atoms with E-state index >= 15 is 0 Å². The Kier molecular flexibility index (Phi) is 4.79. The molecule has 0 spiro atoms. The molecule has 0 bridgehead atoms. The summed E-state index contributed by atoms with van der Waals surface area (Å²) in [6, 6.07) is 19.5. The van der Waals surface area contributed by atoms with E-state index in [0.29, 0.717) is 15.6 Å². The van der Waals surface area contributed by atoms with Crippen LogP contribution in [0.4, 0.5) is 0 Å². The summed E-state index contributed by atoms with van der Waals surface area (Å²) in [7, 11) is 1.61. The van der Waals surface area contributed by atoms with E-state index in [1.807, 2.05) is 60.7 Å². The Balaban J connectivity index is 1.63. The number of hydrogen-bond donors (Lipinski definition) is 1. The van der Waals surface area contributed by atoms with Gasteiger partial charge < -0.3 is 4.74 Å². The quantitative estimate of drug-likeness (QED) is 0.368. The molecule has 1 aromatic heterocycles. The first-order valence-corrected chi connectivity index (χ1v) is 9.44. The molecule has 0 radical (unpaired) electrons. The molecule has 4 nitrogen and oxygen atoms in total. The highest BCUT2D eigenvalue weighted by molar-refractivity contribution is 7.21. The van der Waals surface area contributed by atoms with Crippen LogP contribution in [0, 0.1) is 0 Å². The molecule has 0 saturated carbocycles. The Labute approximate surface area is 165 Å². The molecule has 0 atom stereocenters. The van der Waals surface area contributed by atoms with Crippen LogP contribution in [0.15, 0.2) is 65.8 Å². The molecular formula is C21H15ClN2O2S. The van der Waals surface area contributed by atoms with Crippen molar-refractivity contribution in [3.8, 4) is 5.75 Å². The van der Waals surface area contributed by atoms with E-state index in [1.165, 1.54) is 11.3 Å². The Morgan fingerprint density at radius 3 is 2.59 bits per heavy atom. The van der Waals surface area contributed by atoms with Crippen LogP contribution in [-0.4, -0.2) is 19.2 Å². The molecule has 3 aromatic carbocycles. The maximum Gasteiger partial charge on any atom is 0.283 e. The molecule has 0 aliphatic heterocycles. The van der Waals surface area contributed by atoms with E-state index in [2.05, 4.69) is 10.5 Å². The first kappa shape index (κ1) is 17.5. The number of hydrogen-bond acceptors (Lipinski definition) is 4. The van der Waals surface area contributed by atoms with Crippen LogP contribution in [0.2, 0.25) is 5.02 Å². The molecule has 0 aliphatic rings. The monoisotopic (exact) mass is 394 g/mol. The minimum atomic E-state index is -0.336. The maximum absolute atomic E-state index is 12.5. The number of fused-ring (bicyclic) bond motifs is 2. The zero-order chi connectivity index (χ0) is 18.8. The van der Waals surface area contributed by atoms with Gasteiger partial charge in [0.25, 0.3) is 5.91 Å². The van der Waals surface area contributed by atoms with Crippen LogP contribution in [-0.2, 0) is 0 Å². The van der Waals surface area contributed by atoms with Gasteiger partial charge in [-0.05, 0) is 22.9 Å². The zero-order valence-electron chi connectivity index (χ0n) is 14.4. The predicted molar refractivity (Wildman–Crippen MR) is 112 cm³/mol. The third-order valence-electron chi connectivity index (χ3n) is 4.25. The molecule has 0 saturated heterocycles. The topological polar surface area (TPSA) is 50.7 Å². The molecule has 134 valence electrons. The summed E-state index contributed by atoms with van der Waals surface area (Å²) in [6.07, 6.45) is 1.60. The second-order valence-electron chi connectivity index (χ2n) is 5.84. The third-order valence-corrected chi connectivity index (χ3v) is 5.93. The van der Waals surface area contributed by atoms with Crippen molar-refractivity contribution in [1.82, 2.24) is 5.43 Å². The number of halogens is 1. The molecule has 0 aliphatic carbocycles. The molecule has 0 unspecified atom stereocenters. The third kappa shape index (κ3) is 3.27. The summed E-state index contributed by atoms with van der Waals surface area (Å²) < 4.78 is 6.40. The van der Waals surface area contributed by atoms with Crippen molar-refractivity contribution in [2.24, 2.45) is 5.10 Å². The van der Waals surface area contributed by atoms with E-state index in [1.54, 1.807) is 13.3 Å². The number of carbonyl (C=O) groups is 1. The highest BCUT2D eigenvalue weighted by Crippen LogP contribution is 2.35. The van der Waals surface area contributed by atoms with Crippen LogP contribution in [0.25, 0.3) is 20.9 Å². The van der Waals surface area contributed by atoms with Gasteiger partial charge in [0.1, 0.15) is 10.6 Å². The number of rotatable bonds is 4. The number of hydrazone groups is 1. The number of thiophene rings is 1. The largest absolute Gasteiger partial charge is 0.496 e. The van der Waals surface area contributed by atoms with Crippen molar-refractivity contribution < 1.29 is 9.53 Å². The Morgan fingerprint density at radius 1 is 1.07 bits per heavy atom. The van der Waals surface area contributed by atoms with Gasteiger partial charge in [-0.3, -0.25) is 4.79 Å². The minimum absolute atomic E-state index is 0.336. The fourth-order valence-electron chi connectivity index (χ4n) is 2.95. The van der Waals surface area contributed by atoms with Gasteiger partial charge in [-0.25, -0.2) is 5.43 Å². The van der Waals surface area contributed by atoms with Gasteiger partial charge in [-0.1, -0.05) is 60.1 Å². The number of benzene rings is 3. The number of methoxy groups -OCH3 is 1. The summed E-state index contributed by atoms with van der Waals surface area (Å²) >= 11 is 7.70. The van der Waals surface area contributed by atoms with Gasteiger partial charge in [-0.15, -0.1) is 11.3 Å². The summed E-state index contributed by atoms with van der Waals surface area (Å²) in [5, 5.41) is 7.51. The molecule has 1 amide bonds. The Hall–Kier alpha value is -2.89. The Bertz CT molecular complexity index is 1180. The first-order valence-electron chi connectivity index (χ1n) is 8.25. The fraction of sp³-hybridized carbons (Fsp3) is 0.0476. The van der Waals surface area contributed by atoms with Gasteiger partial charge in [0, 0.05) is 15.6 Å². The summed E-state index contributed by atoms with van der Waals surface area (Å²) in [6.45, 7) is 0. The lowest BCUT2D eigenvalue weighted by Gasteiger charge is -2.08. The molecule has 0 fully saturated rings. The van der Waals surface area contributed by atoms with Crippen LogP contribution >= 0.6 is 22.9 Å². The van der Waals surface area contributed by atoms with Crippen molar-refractivity contribution in [2.45, 2.75) is 0 Å². The van der Waals surface area contributed by atoms with Crippen LogP contribution in [0.1, 0.15) is 15.2 Å². The second-order valence-corrected chi connectivity index (χ2v) is 7.27. The summed E-state index contributed by atoms with van der Waals surface area (Å²) in [5.41, 5.74) is 3.37. The number of amides is 1. The molecule has 4 aromatic rings. The number of nitrogens with zero attached hydrogens (tertiary/aromatic N) is 1. The average molecular weight is 395 g/mol. The number of ether oxygens (including phenoxy) is 1. The van der Waals surface area contributed by atoms with Gasteiger partial charge in [0.05, 0.1) is 18.3 Å². The molecule has 6 heteroatoms.